The summed E-state index contributed by atoms with van der Waals surface area (Å²) in [6.45, 7) is 6.29. The molecule has 0 fully saturated rings. The molecule has 0 radical (unpaired) electrons. The molecule has 0 aliphatic rings. The van der Waals surface area contributed by atoms with Gasteiger partial charge in [0.25, 0.3) is 0 Å². The average Bonchev–Trinajstić information content (AvgIpc) is 3.12. The van der Waals surface area contributed by atoms with Crippen molar-refractivity contribution in [2.75, 3.05) is 0 Å². The van der Waals surface area contributed by atoms with Gasteiger partial charge in [-0.2, -0.15) is 0 Å². The molecule has 1 aromatic rings. The van der Waals surface area contributed by atoms with Crippen LogP contribution in [0.5, 0.6) is 0 Å². The number of carboxylic acid groups (broad SMARTS) is 1. The first-order valence-corrected chi connectivity index (χ1v) is 8.89. The van der Waals surface area contributed by atoms with E-state index in [2.05, 4.69) is 25.9 Å². The Hall–Kier alpha value is -2.95. The molecule has 0 aromatic carbocycles. The topological polar surface area (TPSA) is 179 Å². The van der Waals surface area contributed by atoms with Crippen LogP contribution in [-0.4, -0.2) is 62.9 Å². The van der Waals surface area contributed by atoms with Gasteiger partial charge in [0.05, 0.1) is 12.4 Å². The second-order valence-electron chi connectivity index (χ2n) is 6.91. The standard InChI is InChI=1S/C17H28N6O5/c1-8(2)13(18)16(26)23-12(5-11-6-19-7-20-11)15(25)21-9(3)14(24)22-10(4)17(27)28/h6-10,12-13H,5,18H2,1-4H3,(H,19,20)(H,21,25)(H,22,24)(H,23,26)(H,27,28). The fourth-order valence-electron chi connectivity index (χ4n) is 2.18. The van der Waals surface area contributed by atoms with Crippen LogP contribution in [0.2, 0.25) is 0 Å². The molecule has 11 heteroatoms. The van der Waals surface area contributed by atoms with Gasteiger partial charge in [-0.3, -0.25) is 19.2 Å². The van der Waals surface area contributed by atoms with Crippen molar-refractivity contribution in [1.29, 1.82) is 0 Å². The summed E-state index contributed by atoms with van der Waals surface area (Å²) >= 11 is 0. The zero-order valence-corrected chi connectivity index (χ0v) is 16.4. The van der Waals surface area contributed by atoms with Gasteiger partial charge >= 0.3 is 5.97 Å². The van der Waals surface area contributed by atoms with E-state index in [4.69, 9.17) is 10.8 Å². The number of amides is 3. The molecule has 3 amide bonds. The average molecular weight is 396 g/mol. The van der Waals surface area contributed by atoms with Crippen molar-refractivity contribution < 1.29 is 24.3 Å². The minimum Gasteiger partial charge on any atom is -0.480 e. The van der Waals surface area contributed by atoms with E-state index in [0.717, 1.165) is 0 Å². The molecule has 0 aliphatic heterocycles. The van der Waals surface area contributed by atoms with Crippen LogP contribution in [0.1, 0.15) is 33.4 Å². The van der Waals surface area contributed by atoms with Crippen LogP contribution in [0.25, 0.3) is 0 Å². The van der Waals surface area contributed by atoms with Crippen LogP contribution in [0, 0.1) is 5.92 Å². The zero-order valence-electron chi connectivity index (χ0n) is 16.4. The Kier molecular flexibility index (Phi) is 8.58. The smallest absolute Gasteiger partial charge is 0.325 e. The number of aromatic nitrogens is 2. The highest BCUT2D eigenvalue weighted by Crippen LogP contribution is 2.03. The molecular weight excluding hydrogens is 368 g/mol. The van der Waals surface area contributed by atoms with Gasteiger partial charge < -0.3 is 31.8 Å². The number of H-pyrrole nitrogens is 1. The zero-order chi connectivity index (χ0) is 21.4. The normalized spacial score (nSPS) is 15.2. The molecule has 4 atom stereocenters. The Labute approximate surface area is 162 Å². The van der Waals surface area contributed by atoms with Gasteiger partial charge in [0.15, 0.2) is 0 Å². The third-order valence-electron chi connectivity index (χ3n) is 4.11. The number of nitrogens with one attached hydrogen (secondary N) is 4. The Balaban J connectivity index is 2.81. The predicted molar refractivity (Wildman–Crippen MR) is 99.9 cm³/mol. The first-order chi connectivity index (χ1) is 13.0. The van der Waals surface area contributed by atoms with Crippen molar-refractivity contribution in [3.05, 3.63) is 18.2 Å². The molecule has 0 saturated heterocycles. The minimum atomic E-state index is -1.20. The number of rotatable bonds is 10. The maximum absolute atomic E-state index is 12.6. The van der Waals surface area contributed by atoms with Gasteiger partial charge in [0.1, 0.15) is 18.1 Å². The summed E-state index contributed by atoms with van der Waals surface area (Å²) in [7, 11) is 0. The Morgan fingerprint density at radius 2 is 1.64 bits per heavy atom. The predicted octanol–water partition coefficient (Wildman–Crippen LogP) is -1.49. The number of hydrogen-bond acceptors (Lipinski definition) is 6. The van der Waals surface area contributed by atoms with Crippen LogP contribution >= 0.6 is 0 Å². The molecule has 4 unspecified atom stereocenters. The van der Waals surface area contributed by atoms with Crippen molar-refractivity contribution in [3.8, 4) is 0 Å². The van der Waals surface area contributed by atoms with Crippen molar-refractivity contribution in [2.24, 2.45) is 11.7 Å². The van der Waals surface area contributed by atoms with Crippen molar-refractivity contribution >= 4 is 23.7 Å². The summed E-state index contributed by atoms with van der Waals surface area (Å²) in [6.07, 6.45) is 3.07. The van der Waals surface area contributed by atoms with E-state index in [1.165, 1.54) is 26.4 Å². The molecule has 1 aromatic heterocycles. The number of aliphatic carboxylic acids is 1. The number of nitrogens with zero attached hydrogens (tertiary/aromatic N) is 1. The SMILES string of the molecule is CC(NC(=O)C(C)NC(=O)C(Cc1cnc[nH]1)NC(=O)C(N)C(C)C)C(=O)O. The summed E-state index contributed by atoms with van der Waals surface area (Å²) in [5.74, 6) is -3.08. The van der Waals surface area contributed by atoms with E-state index in [9.17, 15) is 19.2 Å². The fraction of sp³-hybridized carbons (Fsp3) is 0.588. The van der Waals surface area contributed by atoms with Gasteiger partial charge in [-0.25, -0.2) is 4.98 Å². The van der Waals surface area contributed by atoms with Crippen molar-refractivity contribution in [2.45, 2.75) is 58.3 Å². The number of carbonyl (C=O) groups is 4. The third-order valence-corrected chi connectivity index (χ3v) is 4.11. The number of nitrogens with two attached hydrogens (primary N) is 1. The molecule has 0 bridgehead atoms. The molecule has 0 aliphatic carbocycles. The first-order valence-electron chi connectivity index (χ1n) is 8.89. The van der Waals surface area contributed by atoms with Gasteiger partial charge in [-0.05, 0) is 19.8 Å². The highest BCUT2D eigenvalue weighted by molar-refractivity contribution is 5.94. The van der Waals surface area contributed by atoms with Crippen LogP contribution in [-0.2, 0) is 25.6 Å². The summed E-state index contributed by atoms with van der Waals surface area (Å²) in [4.78, 5) is 54.5. The lowest BCUT2D eigenvalue weighted by molar-refractivity contribution is -0.141. The molecular formula is C17H28N6O5. The van der Waals surface area contributed by atoms with E-state index >= 15 is 0 Å². The Bertz CT molecular complexity index is 690. The maximum atomic E-state index is 12.6. The van der Waals surface area contributed by atoms with Gasteiger partial charge in [-0.15, -0.1) is 0 Å². The highest BCUT2D eigenvalue weighted by atomic mass is 16.4. The lowest BCUT2D eigenvalue weighted by Crippen LogP contribution is -2.57. The quantitative estimate of drug-likeness (QED) is 0.279. The molecule has 28 heavy (non-hydrogen) atoms. The maximum Gasteiger partial charge on any atom is 0.325 e. The van der Waals surface area contributed by atoms with Gasteiger partial charge in [-0.1, -0.05) is 13.8 Å². The first kappa shape index (κ1) is 23.1. The lowest BCUT2D eigenvalue weighted by Gasteiger charge is -2.23. The van der Waals surface area contributed by atoms with E-state index in [1.54, 1.807) is 13.8 Å². The van der Waals surface area contributed by atoms with Crippen molar-refractivity contribution in [1.82, 2.24) is 25.9 Å². The van der Waals surface area contributed by atoms with Gasteiger partial charge in [0, 0.05) is 18.3 Å². The van der Waals surface area contributed by atoms with Crippen LogP contribution in [0.3, 0.4) is 0 Å². The second-order valence-corrected chi connectivity index (χ2v) is 6.91. The third kappa shape index (κ3) is 6.99. The molecule has 11 nitrogen and oxygen atoms in total. The Morgan fingerprint density at radius 1 is 1.04 bits per heavy atom. The number of carboxylic acids is 1. The molecule has 0 spiro atoms. The van der Waals surface area contributed by atoms with E-state index in [-0.39, 0.29) is 12.3 Å². The summed E-state index contributed by atoms with van der Waals surface area (Å²) in [5.41, 5.74) is 6.44. The van der Waals surface area contributed by atoms with Crippen molar-refractivity contribution in [3.63, 3.8) is 0 Å². The number of hydrogen-bond donors (Lipinski definition) is 6. The van der Waals surface area contributed by atoms with Crippen LogP contribution in [0.4, 0.5) is 0 Å². The molecule has 1 rings (SSSR count). The van der Waals surface area contributed by atoms with Crippen LogP contribution < -0.4 is 21.7 Å². The Morgan fingerprint density at radius 3 is 2.14 bits per heavy atom. The number of imidazole rings is 1. The largest absolute Gasteiger partial charge is 0.480 e. The van der Waals surface area contributed by atoms with E-state index in [1.807, 2.05) is 0 Å². The molecule has 0 saturated carbocycles. The molecule has 1 heterocycles. The highest BCUT2D eigenvalue weighted by Gasteiger charge is 2.28. The minimum absolute atomic E-state index is 0.113. The molecule has 7 N–H and O–H groups in total. The fourth-order valence-corrected chi connectivity index (χ4v) is 2.18. The summed E-state index contributed by atoms with van der Waals surface area (Å²) in [5, 5.41) is 16.2. The van der Waals surface area contributed by atoms with Gasteiger partial charge in [0.2, 0.25) is 17.7 Å². The summed E-state index contributed by atoms with van der Waals surface area (Å²) in [6, 6.07) is -3.90. The summed E-state index contributed by atoms with van der Waals surface area (Å²) < 4.78 is 0. The lowest BCUT2D eigenvalue weighted by atomic mass is 10.0. The number of carbonyl (C=O) groups excluding carboxylic acids is 3. The van der Waals surface area contributed by atoms with E-state index in [0.29, 0.717) is 5.69 Å². The second kappa shape index (κ2) is 10.4. The van der Waals surface area contributed by atoms with Crippen LogP contribution in [0.15, 0.2) is 12.5 Å². The molecule has 156 valence electrons. The van der Waals surface area contributed by atoms with E-state index < -0.39 is 47.9 Å². The number of aromatic amines is 1. The monoisotopic (exact) mass is 396 g/mol.